The Morgan fingerprint density at radius 2 is 0.905 bits per heavy atom. The summed E-state index contributed by atoms with van der Waals surface area (Å²) in [4.78, 5) is 0. The smallest absolute Gasteiger partial charge is 0.106 e. The van der Waals surface area contributed by atoms with Crippen molar-refractivity contribution in [3.05, 3.63) is 91.0 Å². The van der Waals surface area contributed by atoms with E-state index in [1.807, 2.05) is 91.0 Å². The molecule has 1 unspecified atom stereocenters. The van der Waals surface area contributed by atoms with Crippen LogP contribution in [0, 0.1) is 0 Å². The maximum Gasteiger partial charge on any atom is 0.415 e. The van der Waals surface area contributed by atoms with Crippen molar-refractivity contribution in [2.75, 3.05) is 0 Å². The summed E-state index contributed by atoms with van der Waals surface area (Å²) in [5.41, 5.74) is 0. The third-order valence-corrected chi connectivity index (χ3v) is 4.70. The lowest BCUT2D eigenvalue weighted by molar-refractivity contribution is 0.598. The second-order valence-corrected chi connectivity index (χ2v) is 6.66. The van der Waals surface area contributed by atoms with Gasteiger partial charge in [-0.05, 0) is 29.6 Å². The standard InChI is InChI=1S/C12H10OP.C6H7P/c13-14(11-7-3-1-4-8-11)12-9-5-2-6-10-12;7-6-4-2-1-3-5-6/h1-10H;1-5H,7H2/q+1;. The Morgan fingerprint density at radius 1 is 0.571 bits per heavy atom. The average molecular weight is 311 g/mol. The maximum atomic E-state index is 12.0. The van der Waals surface area contributed by atoms with Crippen molar-refractivity contribution in [1.82, 2.24) is 0 Å². The van der Waals surface area contributed by atoms with Gasteiger partial charge in [0, 0.05) is 0 Å². The van der Waals surface area contributed by atoms with E-state index in [1.54, 1.807) is 0 Å². The molecule has 0 spiro atoms. The van der Waals surface area contributed by atoms with Crippen molar-refractivity contribution in [2.24, 2.45) is 0 Å². The number of hydrogen-bond donors (Lipinski definition) is 0. The SMILES string of the molecule is O=[P+](c1ccccc1)c1ccccc1.Pc1ccccc1. The zero-order valence-corrected chi connectivity index (χ0v) is 13.6. The Morgan fingerprint density at radius 3 is 1.19 bits per heavy atom. The van der Waals surface area contributed by atoms with Gasteiger partial charge in [0.15, 0.2) is 10.6 Å². The minimum absolute atomic E-state index is 0.883. The molecule has 0 heterocycles. The van der Waals surface area contributed by atoms with E-state index in [2.05, 4.69) is 9.24 Å². The first-order chi connectivity index (χ1) is 10.3. The van der Waals surface area contributed by atoms with E-state index in [4.69, 9.17) is 0 Å². The minimum Gasteiger partial charge on any atom is -0.106 e. The first-order valence-corrected chi connectivity index (χ1v) is 8.49. The molecule has 3 aromatic carbocycles. The topological polar surface area (TPSA) is 17.1 Å². The van der Waals surface area contributed by atoms with Crippen LogP contribution in [0.5, 0.6) is 0 Å². The van der Waals surface area contributed by atoms with Gasteiger partial charge >= 0.3 is 7.80 Å². The Balaban J connectivity index is 0.000000194. The van der Waals surface area contributed by atoms with E-state index in [1.165, 1.54) is 5.30 Å². The van der Waals surface area contributed by atoms with E-state index in [-0.39, 0.29) is 0 Å². The molecule has 0 radical (unpaired) electrons. The molecule has 0 bridgehead atoms. The second kappa shape index (κ2) is 8.47. The number of rotatable bonds is 2. The molecular weight excluding hydrogens is 294 g/mol. The van der Waals surface area contributed by atoms with Gasteiger partial charge in [0.05, 0.1) is 0 Å². The molecule has 0 aliphatic rings. The minimum atomic E-state index is -1.42. The lowest BCUT2D eigenvalue weighted by Gasteiger charge is -1.87. The Bertz CT molecular complexity index is 626. The van der Waals surface area contributed by atoms with Crippen LogP contribution >= 0.6 is 17.0 Å². The maximum absolute atomic E-state index is 12.0. The Labute approximate surface area is 129 Å². The van der Waals surface area contributed by atoms with Gasteiger partial charge < -0.3 is 0 Å². The van der Waals surface area contributed by atoms with Gasteiger partial charge in [0.25, 0.3) is 0 Å². The molecule has 3 aromatic rings. The molecule has 0 aliphatic heterocycles. The summed E-state index contributed by atoms with van der Waals surface area (Å²) in [6, 6.07) is 29.2. The van der Waals surface area contributed by atoms with Gasteiger partial charge in [0.1, 0.15) is 0 Å². The lowest BCUT2D eigenvalue weighted by Crippen LogP contribution is -2.04. The van der Waals surface area contributed by atoms with Crippen LogP contribution in [0.4, 0.5) is 0 Å². The zero-order valence-electron chi connectivity index (χ0n) is 11.6. The van der Waals surface area contributed by atoms with Gasteiger partial charge in [-0.15, -0.1) is 9.24 Å². The fraction of sp³-hybridized carbons (Fsp3) is 0. The van der Waals surface area contributed by atoms with Crippen LogP contribution in [0.25, 0.3) is 0 Å². The largest absolute Gasteiger partial charge is 0.415 e. The summed E-state index contributed by atoms with van der Waals surface area (Å²) < 4.78 is 12.0. The van der Waals surface area contributed by atoms with Crippen molar-refractivity contribution in [2.45, 2.75) is 0 Å². The number of benzene rings is 3. The van der Waals surface area contributed by atoms with E-state index in [0.717, 1.165) is 10.6 Å². The first kappa shape index (κ1) is 15.6. The third-order valence-electron chi connectivity index (χ3n) is 2.78. The highest BCUT2D eigenvalue weighted by molar-refractivity contribution is 7.61. The van der Waals surface area contributed by atoms with Crippen molar-refractivity contribution >= 4 is 33.0 Å². The van der Waals surface area contributed by atoms with Crippen LogP contribution in [0.15, 0.2) is 91.0 Å². The normalized spacial score (nSPS) is 9.38. The van der Waals surface area contributed by atoms with Crippen LogP contribution in [-0.4, -0.2) is 0 Å². The Hall–Kier alpha value is -1.81. The van der Waals surface area contributed by atoms with Crippen LogP contribution in [0.2, 0.25) is 0 Å². The molecule has 0 saturated carbocycles. The van der Waals surface area contributed by atoms with Crippen LogP contribution < -0.4 is 15.9 Å². The number of hydrogen-bond acceptors (Lipinski definition) is 1. The van der Waals surface area contributed by atoms with Crippen molar-refractivity contribution < 1.29 is 4.57 Å². The zero-order chi connectivity index (χ0) is 14.9. The van der Waals surface area contributed by atoms with Crippen LogP contribution in [0.1, 0.15) is 0 Å². The predicted molar refractivity (Wildman–Crippen MR) is 95.5 cm³/mol. The van der Waals surface area contributed by atoms with Gasteiger partial charge in [0.2, 0.25) is 0 Å². The molecule has 1 atom stereocenters. The molecule has 3 heteroatoms. The van der Waals surface area contributed by atoms with Gasteiger partial charge in [-0.25, -0.2) is 0 Å². The van der Waals surface area contributed by atoms with Gasteiger partial charge in [-0.2, -0.15) is 0 Å². The summed E-state index contributed by atoms with van der Waals surface area (Å²) in [5.74, 6) is 0. The quantitative estimate of drug-likeness (QED) is 0.660. The van der Waals surface area contributed by atoms with Crippen LogP contribution in [-0.2, 0) is 4.57 Å². The molecule has 0 saturated heterocycles. The van der Waals surface area contributed by atoms with E-state index < -0.39 is 7.80 Å². The molecule has 0 N–H and O–H groups in total. The van der Waals surface area contributed by atoms with Crippen molar-refractivity contribution in [3.63, 3.8) is 0 Å². The highest BCUT2D eigenvalue weighted by Crippen LogP contribution is 2.18. The lowest BCUT2D eigenvalue weighted by atomic mass is 10.4. The van der Waals surface area contributed by atoms with E-state index >= 15 is 0 Å². The molecule has 0 fully saturated rings. The molecule has 3 rings (SSSR count). The van der Waals surface area contributed by atoms with Gasteiger partial charge in [-0.1, -0.05) is 71.3 Å². The summed E-state index contributed by atoms with van der Waals surface area (Å²) in [6.45, 7) is 0. The summed E-state index contributed by atoms with van der Waals surface area (Å²) in [6.07, 6.45) is 0. The molecule has 21 heavy (non-hydrogen) atoms. The monoisotopic (exact) mass is 311 g/mol. The fourth-order valence-electron chi connectivity index (χ4n) is 1.73. The molecule has 1 nitrogen and oxygen atoms in total. The molecular formula is C18H17OP2+. The average Bonchev–Trinajstić information content (AvgIpc) is 2.57. The fourth-order valence-corrected chi connectivity index (χ4v) is 3.14. The third kappa shape index (κ3) is 5.23. The van der Waals surface area contributed by atoms with Crippen molar-refractivity contribution in [3.8, 4) is 0 Å². The predicted octanol–water partition coefficient (Wildman–Crippen LogP) is 3.65. The highest BCUT2D eigenvalue weighted by Gasteiger charge is 2.21. The second-order valence-electron chi connectivity index (χ2n) is 4.38. The summed E-state index contributed by atoms with van der Waals surface area (Å²) in [5, 5.41) is 3.00. The Kier molecular flexibility index (Phi) is 6.28. The molecule has 0 aliphatic carbocycles. The highest BCUT2D eigenvalue weighted by atomic mass is 31.1. The summed E-state index contributed by atoms with van der Waals surface area (Å²) >= 11 is 0. The first-order valence-electron chi connectivity index (χ1n) is 6.65. The van der Waals surface area contributed by atoms with Gasteiger partial charge in [-0.3, -0.25) is 0 Å². The molecule has 0 aromatic heterocycles. The van der Waals surface area contributed by atoms with E-state index in [9.17, 15) is 4.57 Å². The molecule has 104 valence electrons. The van der Waals surface area contributed by atoms with Crippen LogP contribution in [0.3, 0.4) is 0 Å². The van der Waals surface area contributed by atoms with Crippen molar-refractivity contribution in [1.29, 1.82) is 0 Å². The molecule has 0 amide bonds. The van der Waals surface area contributed by atoms with E-state index in [0.29, 0.717) is 0 Å². The summed E-state index contributed by atoms with van der Waals surface area (Å²) in [7, 11) is 1.21.